The third-order valence-electron chi connectivity index (χ3n) is 3.62. The molecule has 0 spiro atoms. The van der Waals surface area contributed by atoms with E-state index in [1.165, 1.54) is 0 Å². The Hall–Kier alpha value is -1.71. The van der Waals surface area contributed by atoms with Crippen LogP contribution in [0.3, 0.4) is 0 Å². The number of methoxy groups -OCH3 is 1. The Morgan fingerprint density at radius 2 is 2.15 bits per heavy atom. The molecule has 1 unspecified atom stereocenters. The van der Waals surface area contributed by atoms with Gasteiger partial charge in [0, 0.05) is 36.3 Å². The van der Waals surface area contributed by atoms with E-state index in [0.717, 1.165) is 30.9 Å². The first-order valence-corrected chi connectivity index (χ1v) is 7.10. The molecule has 20 heavy (non-hydrogen) atoms. The fraction of sp³-hybridized carbons (Fsp3) is 0.562. The van der Waals surface area contributed by atoms with Gasteiger partial charge in [-0.3, -0.25) is 4.79 Å². The van der Waals surface area contributed by atoms with Gasteiger partial charge in [0.25, 0.3) is 0 Å². The molecule has 2 rings (SSSR count). The van der Waals surface area contributed by atoms with Gasteiger partial charge in [-0.25, -0.2) is 0 Å². The lowest BCUT2D eigenvalue weighted by atomic mass is 9.95. The van der Waals surface area contributed by atoms with E-state index in [9.17, 15) is 4.79 Å². The van der Waals surface area contributed by atoms with Crippen molar-refractivity contribution in [1.29, 1.82) is 0 Å². The highest BCUT2D eigenvalue weighted by Crippen LogP contribution is 2.25. The summed E-state index contributed by atoms with van der Waals surface area (Å²) in [4.78, 5) is 14.3. The van der Waals surface area contributed by atoms with Gasteiger partial charge >= 0.3 is 0 Å². The first-order chi connectivity index (χ1) is 9.40. The normalized spacial score (nSPS) is 19.0. The molecule has 1 N–H and O–H groups in total. The molecular formula is C16H24N2O2. The highest BCUT2D eigenvalue weighted by atomic mass is 16.5. The largest absolute Gasteiger partial charge is 0.497 e. The fourth-order valence-electron chi connectivity index (χ4n) is 2.32. The van der Waals surface area contributed by atoms with Crippen molar-refractivity contribution in [2.75, 3.05) is 25.1 Å². The molecule has 110 valence electrons. The lowest BCUT2D eigenvalue weighted by Crippen LogP contribution is -2.43. The molecule has 1 aromatic rings. The summed E-state index contributed by atoms with van der Waals surface area (Å²) >= 11 is 0. The number of nitrogens with zero attached hydrogens (tertiary/aromatic N) is 1. The van der Waals surface area contributed by atoms with Crippen LogP contribution >= 0.6 is 0 Å². The predicted molar refractivity (Wildman–Crippen MR) is 81.2 cm³/mol. The third-order valence-corrected chi connectivity index (χ3v) is 3.62. The van der Waals surface area contributed by atoms with Gasteiger partial charge in [0.2, 0.25) is 5.91 Å². The van der Waals surface area contributed by atoms with Crippen molar-refractivity contribution in [3.8, 4) is 5.75 Å². The zero-order valence-corrected chi connectivity index (χ0v) is 12.8. The Balaban J connectivity index is 1.97. The van der Waals surface area contributed by atoms with E-state index >= 15 is 0 Å². The monoisotopic (exact) mass is 276 g/mol. The molecule has 1 aliphatic rings. The highest BCUT2D eigenvalue weighted by molar-refractivity contribution is 5.81. The van der Waals surface area contributed by atoms with Gasteiger partial charge in [0.1, 0.15) is 5.75 Å². The molecule has 1 saturated heterocycles. The van der Waals surface area contributed by atoms with Crippen molar-refractivity contribution >= 4 is 11.6 Å². The lowest BCUT2D eigenvalue weighted by Gasteiger charge is -2.23. The van der Waals surface area contributed by atoms with E-state index < -0.39 is 0 Å². The number of hydrogen-bond donors (Lipinski definition) is 1. The minimum Gasteiger partial charge on any atom is -0.497 e. The van der Waals surface area contributed by atoms with Crippen LogP contribution in [0, 0.1) is 5.41 Å². The van der Waals surface area contributed by atoms with Crippen LogP contribution in [0.4, 0.5) is 5.69 Å². The second kappa shape index (κ2) is 5.73. The summed E-state index contributed by atoms with van der Waals surface area (Å²) in [5.41, 5.74) is 0.820. The van der Waals surface area contributed by atoms with Gasteiger partial charge in [0.05, 0.1) is 7.11 Å². The minimum atomic E-state index is -0.330. The molecular weight excluding hydrogens is 252 g/mol. The predicted octanol–water partition coefficient (Wildman–Crippen LogP) is 2.44. The number of carbonyl (C=O) groups excluding carboxylic acids is 1. The quantitative estimate of drug-likeness (QED) is 0.922. The zero-order valence-electron chi connectivity index (χ0n) is 12.8. The molecule has 0 radical (unpaired) electrons. The summed E-state index contributed by atoms with van der Waals surface area (Å²) < 4.78 is 5.25. The second-order valence-corrected chi connectivity index (χ2v) is 6.36. The van der Waals surface area contributed by atoms with Crippen LogP contribution in [0.15, 0.2) is 24.3 Å². The summed E-state index contributed by atoms with van der Waals surface area (Å²) in [5.74, 6) is 0.986. The van der Waals surface area contributed by atoms with Gasteiger partial charge in [-0.1, -0.05) is 26.8 Å². The Kier molecular flexibility index (Phi) is 4.21. The highest BCUT2D eigenvalue weighted by Gasteiger charge is 2.28. The maximum absolute atomic E-state index is 12.0. The SMILES string of the molecule is COc1cccc(N2CCC(NC(=O)C(C)(C)C)C2)c1. The van der Waals surface area contributed by atoms with E-state index in [4.69, 9.17) is 4.74 Å². The van der Waals surface area contributed by atoms with E-state index in [1.807, 2.05) is 39.0 Å². The maximum Gasteiger partial charge on any atom is 0.225 e. The molecule has 1 aliphatic heterocycles. The summed E-state index contributed by atoms with van der Waals surface area (Å²) in [6, 6.07) is 8.28. The third kappa shape index (κ3) is 3.44. The number of anilines is 1. The Labute approximate surface area is 121 Å². The minimum absolute atomic E-state index is 0.120. The van der Waals surface area contributed by atoms with Crippen LogP contribution in [0.25, 0.3) is 0 Å². The smallest absolute Gasteiger partial charge is 0.225 e. The van der Waals surface area contributed by atoms with Crippen molar-refractivity contribution in [3.63, 3.8) is 0 Å². The molecule has 4 heteroatoms. The Morgan fingerprint density at radius 3 is 2.80 bits per heavy atom. The standard InChI is InChI=1S/C16H24N2O2/c1-16(2,3)15(19)17-12-8-9-18(11-12)13-6-5-7-14(10-13)20-4/h5-7,10,12H,8-9,11H2,1-4H3,(H,17,19). The first kappa shape index (κ1) is 14.7. The number of hydrogen-bond acceptors (Lipinski definition) is 3. The van der Waals surface area contributed by atoms with Gasteiger partial charge in [0.15, 0.2) is 0 Å². The molecule has 1 aromatic carbocycles. The van der Waals surface area contributed by atoms with E-state index in [2.05, 4.69) is 16.3 Å². The number of carbonyl (C=O) groups is 1. The molecule has 1 atom stereocenters. The average Bonchev–Trinajstić information content (AvgIpc) is 2.86. The molecule has 0 bridgehead atoms. The number of rotatable bonds is 3. The topological polar surface area (TPSA) is 41.6 Å². The Morgan fingerprint density at radius 1 is 1.40 bits per heavy atom. The molecule has 1 fully saturated rings. The van der Waals surface area contributed by atoms with Crippen molar-refractivity contribution in [1.82, 2.24) is 5.32 Å². The summed E-state index contributed by atoms with van der Waals surface area (Å²) in [5, 5.41) is 3.14. The Bertz CT molecular complexity index is 480. The first-order valence-electron chi connectivity index (χ1n) is 7.10. The molecule has 1 heterocycles. The number of amides is 1. The molecule has 0 aromatic heterocycles. The lowest BCUT2D eigenvalue weighted by molar-refractivity contribution is -0.129. The van der Waals surface area contributed by atoms with Crippen LogP contribution in [-0.4, -0.2) is 32.1 Å². The number of ether oxygens (including phenoxy) is 1. The van der Waals surface area contributed by atoms with Crippen molar-refractivity contribution in [2.24, 2.45) is 5.41 Å². The molecule has 0 aliphatic carbocycles. The summed E-state index contributed by atoms with van der Waals surface area (Å²) in [6.07, 6.45) is 0.985. The van der Waals surface area contributed by atoms with E-state index in [0.29, 0.717) is 0 Å². The maximum atomic E-state index is 12.0. The van der Waals surface area contributed by atoms with Gasteiger partial charge < -0.3 is 15.0 Å². The van der Waals surface area contributed by atoms with Crippen LogP contribution in [-0.2, 0) is 4.79 Å². The van der Waals surface area contributed by atoms with Crippen LogP contribution in [0.1, 0.15) is 27.2 Å². The molecule has 1 amide bonds. The molecule has 0 saturated carbocycles. The number of nitrogens with one attached hydrogen (secondary N) is 1. The van der Waals surface area contributed by atoms with E-state index in [1.54, 1.807) is 7.11 Å². The van der Waals surface area contributed by atoms with Gasteiger partial charge in [-0.2, -0.15) is 0 Å². The van der Waals surface area contributed by atoms with Crippen LogP contribution < -0.4 is 15.0 Å². The zero-order chi connectivity index (χ0) is 14.8. The van der Waals surface area contributed by atoms with Crippen LogP contribution in [0.2, 0.25) is 0 Å². The van der Waals surface area contributed by atoms with Gasteiger partial charge in [-0.15, -0.1) is 0 Å². The van der Waals surface area contributed by atoms with Gasteiger partial charge in [-0.05, 0) is 18.6 Å². The summed E-state index contributed by atoms with van der Waals surface area (Å²) in [6.45, 7) is 7.64. The second-order valence-electron chi connectivity index (χ2n) is 6.36. The van der Waals surface area contributed by atoms with Crippen molar-refractivity contribution in [2.45, 2.75) is 33.2 Å². The van der Waals surface area contributed by atoms with Crippen LogP contribution in [0.5, 0.6) is 5.75 Å². The number of benzene rings is 1. The van der Waals surface area contributed by atoms with Crippen molar-refractivity contribution < 1.29 is 9.53 Å². The average molecular weight is 276 g/mol. The fourth-order valence-corrected chi connectivity index (χ4v) is 2.32. The van der Waals surface area contributed by atoms with E-state index in [-0.39, 0.29) is 17.4 Å². The summed E-state index contributed by atoms with van der Waals surface area (Å²) in [7, 11) is 1.68. The molecule has 4 nitrogen and oxygen atoms in total. The van der Waals surface area contributed by atoms with Crippen molar-refractivity contribution in [3.05, 3.63) is 24.3 Å².